The Bertz CT molecular complexity index is 163. The van der Waals surface area contributed by atoms with Crippen molar-refractivity contribution in [2.45, 2.75) is 18.9 Å². The van der Waals surface area contributed by atoms with Gasteiger partial charge in [-0.1, -0.05) is 12.2 Å². The first-order valence-corrected chi connectivity index (χ1v) is 3.68. The fraction of sp³-hybridized carbons (Fsp3) is 0.625. The molecular formula is C8H12O3. The highest BCUT2D eigenvalue weighted by Crippen LogP contribution is 2.08. The molecule has 0 bridgehead atoms. The summed E-state index contributed by atoms with van der Waals surface area (Å²) in [6.45, 7) is 0.707. The Morgan fingerprint density at radius 2 is 2.64 bits per heavy atom. The Labute approximate surface area is 66.0 Å². The van der Waals surface area contributed by atoms with E-state index in [1.165, 1.54) is 7.11 Å². The van der Waals surface area contributed by atoms with Crippen LogP contribution in [0.2, 0.25) is 0 Å². The molecule has 0 N–H and O–H groups in total. The summed E-state index contributed by atoms with van der Waals surface area (Å²) in [4.78, 5) is 10.7. The first-order valence-electron chi connectivity index (χ1n) is 3.68. The van der Waals surface area contributed by atoms with Crippen molar-refractivity contribution in [3.63, 3.8) is 0 Å². The molecule has 0 aromatic carbocycles. The zero-order chi connectivity index (χ0) is 8.10. The molecule has 1 heterocycles. The maximum atomic E-state index is 10.7. The molecule has 3 heteroatoms. The van der Waals surface area contributed by atoms with Gasteiger partial charge in [0, 0.05) is 0 Å². The fourth-order valence-electron chi connectivity index (χ4n) is 0.966. The van der Waals surface area contributed by atoms with Crippen molar-refractivity contribution in [1.82, 2.24) is 0 Å². The van der Waals surface area contributed by atoms with E-state index in [1.54, 1.807) is 0 Å². The van der Waals surface area contributed by atoms with Crippen molar-refractivity contribution in [1.29, 1.82) is 0 Å². The van der Waals surface area contributed by atoms with Crippen LogP contribution in [0, 0.1) is 0 Å². The van der Waals surface area contributed by atoms with Crippen LogP contribution < -0.4 is 0 Å². The van der Waals surface area contributed by atoms with Crippen LogP contribution >= 0.6 is 0 Å². The standard InChI is InChI=1S/C8H12O3/c1-10-8(9)6-7-4-2-3-5-11-7/h2,4,7H,3,5-6H2,1H3/t7-/m1/s1. The van der Waals surface area contributed by atoms with Crippen LogP contribution in [0.15, 0.2) is 12.2 Å². The third-order valence-corrected chi connectivity index (χ3v) is 1.56. The topological polar surface area (TPSA) is 35.5 Å². The minimum atomic E-state index is -0.221. The molecular weight excluding hydrogens is 144 g/mol. The van der Waals surface area contributed by atoms with Crippen molar-refractivity contribution in [2.24, 2.45) is 0 Å². The van der Waals surface area contributed by atoms with Gasteiger partial charge in [-0.2, -0.15) is 0 Å². The molecule has 11 heavy (non-hydrogen) atoms. The molecule has 1 aliphatic heterocycles. The summed E-state index contributed by atoms with van der Waals surface area (Å²) < 4.78 is 9.76. The van der Waals surface area contributed by atoms with Crippen molar-refractivity contribution in [2.75, 3.05) is 13.7 Å². The molecule has 0 spiro atoms. The van der Waals surface area contributed by atoms with E-state index in [0.717, 1.165) is 6.42 Å². The van der Waals surface area contributed by atoms with E-state index in [-0.39, 0.29) is 12.1 Å². The summed E-state index contributed by atoms with van der Waals surface area (Å²) in [5.41, 5.74) is 0. The van der Waals surface area contributed by atoms with E-state index in [2.05, 4.69) is 4.74 Å². The summed E-state index contributed by atoms with van der Waals surface area (Å²) in [5, 5.41) is 0. The maximum absolute atomic E-state index is 10.7. The number of hydrogen-bond acceptors (Lipinski definition) is 3. The Morgan fingerprint density at radius 1 is 1.82 bits per heavy atom. The highest BCUT2D eigenvalue weighted by atomic mass is 16.5. The Kier molecular flexibility index (Phi) is 3.11. The second-order valence-corrected chi connectivity index (χ2v) is 2.41. The third kappa shape index (κ3) is 2.72. The molecule has 0 aliphatic carbocycles. The molecule has 0 unspecified atom stereocenters. The molecule has 0 saturated carbocycles. The average molecular weight is 156 g/mol. The van der Waals surface area contributed by atoms with E-state index in [9.17, 15) is 4.79 Å². The molecule has 0 saturated heterocycles. The highest BCUT2D eigenvalue weighted by Gasteiger charge is 2.13. The first-order chi connectivity index (χ1) is 5.33. The maximum Gasteiger partial charge on any atom is 0.308 e. The van der Waals surface area contributed by atoms with E-state index >= 15 is 0 Å². The number of esters is 1. The van der Waals surface area contributed by atoms with Crippen LogP contribution in [0.25, 0.3) is 0 Å². The summed E-state index contributed by atoms with van der Waals surface area (Å²) in [6.07, 6.45) is 5.12. The van der Waals surface area contributed by atoms with Gasteiger partial charge in [-0.3, -0.25) is 4.79 Å². The highest BCUT2D eigenvalue weighted by molar-refractivity contribution is 5.70. The monoisotopic (exact) mass is 156 g/mol. The summed E-state index contributed by atoms with van der Waals surface area (Å²) >= 11 is 0. The normalized spacial score (nSPS) is 23.2. The Hall–Kier alpha value is -0.830. The molecule has 0 aromatic heterocycles. The second kappa shape index (κ2) is 4.13. The number of carbonyl (C=O) groups excluding carboxylic acids is 1. The predicted molar refractivity (Wildman–Crippen MR) is 40.1 cm³/mol. The van der Waals surface area contributed by atoms with E-state index < -0.39 is 0 Å². The minimum Gasteiger partial charge on any atom is -0.469 e. The van der Waals surface area contributed by atoms with E-state index in [0.29, 0.717) is 13.0 Å². The smallest absolute Gasteiger partial charge is 0.308 e. The fourth-order valence-corrected chi connectivity index (χ4v) is 0.966. The van der Waals surface area contributed by atoms with E-state index in [1.807, 2.05) is 12.2 Å². The lowest BCUT2D eigenvalue weighted by Crippen LogP contribution is -2.19. The lowest BCUT2D eigenvalue weighted by molar-refractivity contribution is -0.143. The summed E-state index contributed by atoms with van der Waals surface area (Å²) in [6, 6.07) is 0. The van der Waals surface area contributed by atoms with Gasteiger partial charge in [0.2, 0.25) is 0 Å². The molecule has 0 fully saturated rings. The predicted octanol–water partition coefficient (Wildman–Crippen LogP) is 0.895. The van der Waals surface area contributed by atoms with Gasteiger partial charge < -0.3 is 9.47 Å². The molecule has 1 rings (SSSR count). The summed E-state index contributed by atoms with van der Waals surface area (Å²) in [5.74, 6) is -0.221. The number of ether oxygens (including phenoxy) is 2. The number of hydrogen-bond donors (Lipinski definition) is 0. The molecule has 0 amide bonds. The summed E-state index contributed by atoms with van der Waals surface area (Å²) in [7, 11) is 1.38. The third-order valence-electron chi connectivity index (χ3n) is 1.56. The SMILES string of the molecule is COC(=O)C[C@H]1C=CCCO1. The molecule has 62 valence electrons. The molecule has 1 atom stereocenters. The number of rotatable bonds is 2. The van der Waals surface area contributed by atoms with Gasteiger partial charge in [0.15, 0.2) is 0 Å². The van der Waals surface area contributed by atoms with Crippen LogP contribution in [-0.2, 0) is 14.3 Å². The molecule has 0 radical (unpaired) electrons. The van der Waals surface area contributed by atoms with Crippen molar-refractivity contribution >= 4 is 5.97 Å². The zero-order valence-electron chi connectivity index (χ0n) is 6.58. The quantitative estimate of drug-likeness (QED) is 0.440. The minimum absolute atomic E-state index is 0.0730. The molecule has 0 aromatic rings. The molecule has 3 nitrogen and oxygen atoms in total. The number of carbonyl (C=O) groups is 1. The van der Waals surface area contributed by atoms with Crippen molar-refractivity contribution in [3.05, 3.63) is 12.2 Å². The van der Waals surface area contributed by atoms with Gasteiger partial charge in [-0.05, 0) is 6.42 Å². The van der Waals surface area contributed by atoms with Crippen LogP contribution in [0.1, 0.15) is 12.8 Å². The van der Waals surface area contributed by atoms with Crippen LogP contribution in [0.4, 0.5) is 0 Å². The van der Waals surface area contributed by atoms with Crippen molar-refractivity contribution < 1.29 is 14.3 Å². The van der Waals surface area contributed by atoms with Gasteiger partial charge in [0.05, 0.1) is 26.2 Å². The lowest BCUT2D eigenvalue weighted by Gasteiger charge is -2.15. The number of methoxy groups -OCH3 is 1. The lowest BCUT2D eigenvalue weighted by atomic mass is 10.2. The van der Waals surface area contributed by atoms with Gasteiger partial charge in [0.25, 0.3) is 0 Å². The van der Waals surface area contributed by atoms with Gasteiger partial charge in [0.1, 0.15) is 0 Å². The van der Waals surface area contributed by atoms with Gasteiger partial charge in [-0.25, -0.2) is 0 Å². The van der Waals surface area contributed by atoms with Gasteiger partial charge in [-0.15, -0.1) is 0 Å². The van der Waals surface area contributed by atoms with Crippen LogP contribution in [0.5, 0.6) is 0 Å². The van der Waals surface area contributed by atoms with E-state index in [4.69, 9.17) is 4.74 Å². The average Bonchev–Trinajstić information content (AvgIpc) is 2.06. The van der Waals surface area contributed by atoms with Crippen LogP contribution in [-0.4, -0.2) is 25.8 Å². The van der Waals surface area contributed by atoms with Gasteiger partial charge >= 0.3 is 5.97 Å². The zero-order valence-corrected chi connectivity index (χ0v) is 6.58. The Morgan fingerprint density at radius 3 is 3.18 bits per heavy atom. The van der Waals surface area contributed by atoms with Crippen LogP contribution in [0.3, 0.4) is 0 Å². The second-order valence-electron chi connectivity index (χ2n) is 2.41. The largest absolute Gasteiger partial charge is 0.469 e. The van der Waals surface area contributed by atoms with Crippen molar-refractivity contribution in [3.8, 4) is 0 Å². The Balaban J connectivity index is 2.30. The molecule has 1 aliphatic rings. The first kappa shape index (κ1) is 8.27.